The Bertz CT molecular complexity index is 3480. The smallest absolute Gasteiger partial charge is 0.343 e. The Labute approximate surface area is 731 Å². The van der Waals surface area contributed by atoms with Crippen molar-refractivity contribution in [3.63, 3.8) is 0 Å². The summed E-state index contributed by atoms with van der Waals surface area (Å²) in [5, 5.41) is 28.4. The molecule has 17 atom stereocenters. The predicted molar refractivity (Wildman–Crippen MR) is 472 cm³/mol. The molecule has 21 nitrogen and oxygen atoms in total. The number of aliphatic hydroxyl groups is 3. The Morgan fingerprint density at radius 1 is 0.446 bits per heavy atom. The molecule has 22 heteroatoms. The van der Waals surface area contributed by atoms with Gasteiger partial charge < -0.3 is 72.2 Å². The number of aliphatic hydroxyl groups excluding tert-OH is 3. The van der Waals surface area contributed by atoms with Crippen LogP contribution in [-0.4, -0.2) is 161 Å². The van der Waals surface area contributed by atoms with Gasteiger partial charge in [-0.05, 0) is 288 Å². The first-order valence-electron chi connectivity index (χ1n) is 46.2. The van der Waals surface area contributed by atoms with Gasteiger partial charge in [0.05, 0.1) is 45.7 Å². The van der Waals surface area contributed by atoms with Crippen LogP contribution in [0.3, 0.4) is 0 Å². The highest BCUT2D eigenvalue weighted by Crippen LogP contribution is 2.53. The average Bonchev–Trinajstić information content (AvgIpc) is 1.64. The maximum Gasteiger partial charge on any atom is 0.343 e. The van der Waals surface area contributed by atoms with Crippen LogP contribution >= 0.6 is 11.6 Å². The van der Waals surface area contributed by atoms with Crippen LogP contribution in [0.15, 0.2) is 54.6 Å². The van der Waals surface area contributed by atoms with E-state index in [0.29, 0.717) is 72.5 Å². The van der Waals surface area contributed by atoms with Crippen LogP contribution in [0.1, 0.15) is 296 Å². The first kappa shape index (κ1) is 104. The number of halogens is 1. The van der Waals surface area contributed by atoms with Crippen molar-refractivity contribution in [3.8, 4) is 17.2 Å². The van der Waals surface area contributed by atoms with E-state index >= 15 is 0 Å². The second kappa shape index (κ2) is 56.2. The summed E-state index contributed by atoms with van der Waals surface area (Å²) in [6, 6.07) is 18.3. The molecular formula is C99H157ClO21. The fourth-order valence-electron chi connectivity index (χ4n) is 19.8. The molecule has 11 rings (SSSR count). The number of fused-ring (bicyclic) bond motifs is 6. The van der Waals surface area contributed by atoms with Crippen LogP contribution < -0.4 is 14.2 Å². The summed E-state index contributed by atoms with van der Waals surface area (Å²) in [5.41, 5.74) is 7.35. The highest BCUT2D eigenvalue weighted by molar-refractivity contribution is 6.63. The lowest BCUT2D eigenvalue weighted by Crippen LogP contribution is -2.32. The topological polar surface area (TPSA) is 274 Å². The third-order valence-electron chi connectivity index (χ3n) is 25.8. The van der Waals surface area contributed by atoms with Gasteiger partial charge in [-0.2, -0.15) is 0 Å². The third-order valence-corrected chi connectivity index (χ3v) is 26.0. The normalized spacial score (nSPS) is 24.7. The molecule has 3 aromatic rings. The zero-order chi connectivity index (χ0) is 87.0. The van der Waals surface area contributed by atoms with Crippen molar-refractivity contribution in [2.45, 2.75) is 350 Å². The Morgan fingerprint density at radius 3 is 1.14 bits per heavy atom. The number of carbonyl (C=O) groups is 6. The van der Waals surface area contributed by atoms with Crippen molar-refractivity contribution in [2.24, 2.45) is 71.0 Å². The van der Waals surface area contributed by atoms with Gasteiger partial charge in [0.2, 0.25) is 5.24 Å². The summed E-state index contributed by atoms with van der Waals surface area (Å²) in [4.78, 5) is 70.3. The molecule has 3 aromatic carbocycles. The van der Waals surface area contributed by atoms with Gasteiger partial charge in [-0.25, -0.2) is 14.4 Å². The fraction of sp³-hybridized carbons (Fsp3) is 0.758. The van der Waals surface area contributed by atoms with Gasteiger partial charge in [-0.15, -0.1) is 0 Å². The summed E-state index contributed by atoms with van der Waals surface area (Å²) in [7, 11) is 5.10. The molecule has 2 saturated heterocycles. The molecule has 0 spiro atoms. The summed E-state index contributed by atoms with van der Waals surface area (Å²) in [6.45, 7) is 20.1. The summed E-state index contributed by atoms with van der Waals surface area (Å²) < 4.78 is 68.8. The molecule has 2 heterocycles. The monoisotopic (exact) mass is 1720 g/mol. The lowest BCUT2D eigenvalue weighted by Gasteiger charge is -2.33. The van der Waals surface area contributed by atoms with E-state index in [1.54, 1.807) is 0 Å². The van der Waals surface area contributed by atoms with Crippen LogP contribution in [0.4, 0.5) is 0 Å². The van der Waals surface area contributed by atoms with Crippen molar-refractivity contribution >= 4 is 46.7 Å². The quantitative estimate of drug-likeness (QED) is 0.0206. The van der Waals surface area contributed by atoms with E-state index in [9.17, 15) is 39.0 Å². The molecule has 2 unspecified atom stereocenters. The zero-order valence-electron chi connectivity index (χ0n) is 75.3. The van der Waals surface area contributed by atoms with E-state index in [4.69, 9.17) is 73.5 Å². The first-order chi connectivity index (χ1) is 57.9. The molecule has 6 aliphatic carbocycles. The molecular weight excluding hydrogens is 1560 g/mol. The standard InChI is InChI=1S/C34H52O7.2C29H44O6.C5H9ClO.CH4O.CH4/c1-5-6-7-12-26(40-34-14-8-9-17-38-34)15-16-27-28-19-24-11-10-13-30(39-22-33(36)37-4)29(24)20-25(28)21-31(27)41-32(35)18-23(2)3;1-3-4-5-10-22(35-29-12-6-7-15-33-29)13-14-23-24-16-20-9-8-11-27(34-19-28(31)32-2)25(20)17-21(24)18-26(23)30;1-5-6-7-10-22(30)12-13-23-24-15-20-9-8-11-26(34-18-29(32)33-4)25(20)16-21(24)17-27(23)35-28(31)14-19(2)3;1-4(2)3-5(6)7;1-2;/h10-11,13,23,25-28,31,34H,5-9,12,14-22H2,1-4H3;8-9,11,21-24,26,29-30H,3-7,10,12-19H2,1-2H3;8-9,11,19,21-24,27,30H,5-7,10,12-18H2,1-4H3;4H,3H2,1-2H3;2H,1H3;1H4/t25-,26-,27+,28-,31+,34?;21-,22-,23+,24-,26+,29?;21-,22-,23+,24-,27+;;;/m000.../s1. The predicted octanol–water partition coefficient (Wildman–Crippen LogP) is 19.4. The Kier molecular flexibility index (Phi) is 48.3. The average molecular weight is 1720 g/mol. The number of esters is 5. The van der Waals surface area contributed by atoms with E-state index in [2.05, 4.69) is 52.8 Å². The van der Waals surface area contributed by atoms with Gasteiger partial charge in [0.1, 0.15) is 29.5 Å². The second-order valence-electron chi connectivity index (χ2n) is 36.2. The van der Waals surface area contributed by atoms with Gasteiger partial charge in [0.15, 0.2) is 32.4 Å². The van der Waals surface area contributed by atoms with Crippen molar-refractivity contribution in [3.05, 3.63) is 88.0 Å². The minimum Gasteiger partial charge on any atom is -0.482 e. The van der Waals surface area contributed by atoms with Crippen molar-refractivity contribution < 1.29 is 101 Å². The molecule has 3 saturated carbocycles. The van der Waals surface area contributed by atoms with Crippen molar-refractivity contribution in [1.29, 1.82) is 0 Å². The first-order valence-corrected chi connectivity index (χ1v) is 46.6. The Balaban J connectivity index is 0.000000267. The molecule has 5 fully saturated rings. The number of methoxy groups -OCH3 is 3. The van der Waals surface area contributed by atoms with Gasteiger partial charge in [-0.1, -0.05) is 164 Å². The number of unbranched alkanes of at least 4 members (excludes halogenated alkanes) is 6. The molecule has 3 N–H and O–H groups in total. The van der Waals surface area contributed by atoms with Crippen molar-refractivity contribution in [2.75, 3.05) is 61.5 Å². The van der Waals surface area contributed by atoms with Gasteiger partial charge in [0, 0.05) is 39.6 Å². The molecule has 8 aliphatic rings. The van der Waals surface area contributed by atoms with E-state index in [1.165, 1.54) is 94.1 Å². The Hall–Kier alpha value is -5.91. The number of hydrogen-bond acceptors (Lipinski definition) is 21. The highest BCUT2D eigenvalue weighted by Gasteiger charge is 2.50. The van der Waals surface area contributed by atoms with Crippen molar-refractivity contribution in [1.82, 2.24) is 0 Å². The van der Waals surface area contributed by atoms with Crippen LogP contribution in [0.5, 0.6) is 17.2 Å². The highest BCUT2D eigenvalue weighted by atomic mass is 35.5. The maximum absolute atomic E-state index is 12.9. The van der Waals surface area contributed by atoms with Gasteiger partial charge in [-0.3, -0.25) is 14.4 Å². The molecule has 0 radical (unpaired) electrons. The molecule has 121 heavy (non-hydrogen) atoms. The van der Waals surface area contributed by atoms with Crippen LogP contribution in [0, 0.1) is 71.0 Å². The minimum absolute atomic E-state index is 0. The molecule has 0 aromatic heterocycles. The van der Waals surface area contributed by atoms with Gasteiger partial charge >= 0.3 is 29.8 Å². The summed E-state index contributed by atoms with van der Waals surface area (Å²) in [5.74, 6) is 5.32. The third kappa shape index (κ3) is 34.8. The lowest BCUT2D eigenvalue weighted by atomic mass is 9.73. The van der Waals surface area contributed by atoms with Gasteiger partial charge in [0.25, 0.3) is 0 Å². The van der Waals surface area contributed by atoms with E-state index in [1.807, 2.05) is 64.1 Å². The number of rotatable bonds is 42. The number of ether oxygens (including phenoxy) is 12. The summed E-state index contributed by atoms with van der Waals surface area (Å²) >= 11 is 5.03. The van der Waals surface area contributed by atoms with E-state index < -0.39 is 5.97 Å². The van der Waals surface area contributed by atoms with E-state index in [-0.39, 0.29) is 123 Å². The molecule has 0 bridgehead atoms. The molecule has 686 valence electrons. The Morgan fingerprint density at radius 2 is 0.802 bits per heavy atom. The van der Waals surface area contributed by atoms with Crippen LogP contribution in [-0.2, 0) is 110 Å². The largest absolute Gasteiger partial charge is 0.482 e. The van der Waals surface area contributed by atoms with E-state index in [0.717, 1.165) is 210 Å². The lowest BCUT2D eigenvalue weighted by molar-refractivity contribution is -0.192. The summed E-state index contributed by atoms with van der Waals surface area (Å²) in [6.07, 6.45) is 34.6. The molecule has 0 amide bonds. The second-order valence-corrected chi connectivity index (χ2v) is 36.6. The molecule has 2 aliphatic heterocycles. The fourth-order valence-corrected chi connectivity index (χ4v) is 20.1. The number of carbonyl (C=O) groups excluding carboxylic acids is 6. The number of hydrogen-bond donors (Lipinski definition) is 3. The maximum atomic E-state index is 12.9. The minimum atomic E-state index is -0.396. The SMILES string of the molecule is C.CC(C)CC(=O)Cl.CCCCC[C@@H](CC[C@@H]1[C@H]2Cc3cccc(OCC(=O)OC)c3C[C@H]2C[C@H]1O)OC1CCCCO1.CCCCC[C@@H](CC[C@@H]1[C@H]2Cc3cccc(OCC(=O)OC)c3C[C@H]2C[C@H]1OC(=O)CC(C)C)OC1CCCCO1.CCCCC[C@H](O)CC[C@@H]1[C@H]2Cc3cccc(OCC(=O)OC)c3C[C@H]2C[C@H]1OC(=O)CC(C)C.CO. The number of benzene rings is 3. The van der Waals surface area contributed by atoms with Crippen LogP contribution in [0.25, 0.3) is 0 Å². The van der Waals surface area contributed by atoms with Crippen LogP contribution in [0.2, 0.25) is 0 Å². The zero-order valence-corrected chi connectivity index (χ0v) is 76.1.